The summed E-state index contributed by atoms with van der Waals surface area (Å²) in [6.07, 6.45) is 4.71. The topological polar surface area (TPSA) is 97.8 Å². The maximum absolute atomic E-state index is 12.4. The smallest absolute Gasteiger partial charge is 0.284 e. The Kier molecular flexibility index (Phi) is 3.49. The highest BCUT2D eigenvalue weighted by Gasteiger charge is 2.21. The van der Waals surface area contributed by atoms with E-state index in [9.17, 15) is 4.79 Å². The van der Waals surface area contributed by atoms with Gasteiger partial charge in [0.05, 0.1) is 17.4 Å². The van der Waals surface area contributed by atoms with Crippen LogP contribution in [0.1, 0.15) is 22.7 Å². The Morgan fingerprint density at radius 2 is 2.28 bits per heavy atom. The van der Waals surface area contributed by atoms with Crippen LogP contribution in [0.25, 0.3) is 21.9 Å². The summed E-state index contributed by atoms with van der Waals surface area (Å²) < 4.78 is 10.8. The van der Waals surface area contributed by atoms with Crippen molar-refractivity contribution in [1.29, 1.82) is 0 Å². The summed E-state index contributed by atoms with van der Waals surface area (Å²) in [6.45, 7) is 0. The summed E-state index contributed by atoms with van der Waals surface area (Å²) in [5.74, 6) is 1.92. The predicted molar refractivity (Wildman–Crippen MR) is 93.8 cm³/mol. The number of hydrogen-bond donors (Lipinski definition) is 1. The monoisotopic (exact) mass is 372 g/mol. The molecule has 4 aromatic rings. The quantitative estimate of drug-likeness (QED) is 0.548. The van der Waals surface area contributed by atoms with Gasteiger partial charge in [0.15, 0.2) is 5.76 Å². The largest absolute Gasteiger partial charge is 0.459 e. The Morgan fingerprint density at radius 1 is 1.32 bits per heavy atom. The molecule has 0 amide bonds. The van der Waals surface area contributed by atoms with E-state index in [0.29, 0.717) is 28.5 Å². The van der Waals surface area contributed by atoms with E-state index < -0.39 is 0 Å². The first-order valence-electron chi connectivity index (χ1n) is 7.81. The zero-order valence-corrected chi connectivity index (χ0v) is 14.6. The molecular weight excluding hydrogens is 360 g/mol. The molecule has 4 heterocycles. The van der Waals surface area contributed by atoms with Gasteiger partial charge in [-0.2, -0.15) is 0 Å². The van der Waals surface area contributed by atoms with Crippen LogP contribution in [0.15, 0.2) is 37.2 Å². The minimum atomic E-state index is -0.0539. The number of furan rings is 1. The molecule has 5 rings (SSSR count). The fourth-order valence-electron chi connectivity index (χ4n) is 3.01. The van der Waals surface area contributed by atoms with Crippen LogP contribution in [0.3, 0.4) is 0 Å². The van der Waals surface area contributed by atoms with E-state index in [0.717, 1.165) is 29.5 Å². The zero-order chi connectivity index (χ0) is 16.8. The van der Waals surface area contributed by atoms with E-state index >= 15 is 0 Å². The van der Waals surface area contributed by atoms with Crippen molar-refractivity contribution in [1.82, 2.24) is 20.2 Å². The zero-order valence-electron chi connectivity index (χ0n) is 12.9. The van der Waals surface area contributed by atoms with Crippen LogP contribution in [-0.2, 0) is 18.6 Å². The Hall–Kier alpha value is -2.39. The molecule has 25 heavy (non-hydrogen) atoms. The average molecular weight is 372 g/mol. The summed E-state index contributed by atoms with van der Waals surface area (Å²) in [6, 6.07) is 3.51. The van der Waals surface area contributed by atoms with Gasteiger partial charge in [0.25, 0.3) is 16.7 Å². The molecular formula is C16H12N4O3S2. The van der Waals surface area contributed by atoms with Crippen LogP contribution in [0.2, 0.25) is 0 Å². The summed E-state index contributed by atoms with van der Waals surface area (Å²) in [4.78, 5) is 22.0. The van der Waals surface area contributed by atoms with Gasteiger partial charge in [0.1, 0.15) is 10.7 Å². The van der Waals surface area contributed by atoms with Crippen LogP contribution in [-0.4, -0.2) is 20.2 Å². The maximum Gasteiger partial charge on any atom is 0.284 e. The van der Waals surface area contributed by atoms with Gasteiger partial charge in [0.2, 0.25) is 0 Å². The summed E-state index contributed by atoms with van der Waals surface area (Å²) in [5.41, 5.74) is 1.13. The summed E-state index contributed by atoms with van der Waals surface area (Å²) in [5, 5.41) is 9.11. The van der Waals surface area contributed by atoms with Gasteiger partial charge in [-0.25, -0.2) is 4.98 Å². The molecule has 0 saturated carbocycles. The molecule has 0 spiro atoms. The van der Waals surface area contributed by atoms with Crippen molar-refractivity contribution in [3.8, 4) is 11.7 Å². The molecule has 7 nitrogen and oxygen atoms in total. The number of thiophene rings is 1. The third kappa shape index (κ3) is 2.59. The minimum Gasteiger partial charge on any atom is -0.459 e. The second-order valence-electron chi connectivity index (χ2n) is 5.69. The number of rotatable bonds is 4. The highest BCUT2D eigenvalue weighted by Crippen LogP contribution is 2.34. The molecule has 0 radical (unpaired) electrons. The van der Waals surface area contributed by atoms with Gasteiger partial charge in [-0.15, -0.1) is 21.5 Å². The van der Waals surface area contributed by atoms with Crippen molar-refractivity contribution in [3.63, 3.8) is 0 Å². The molecule has 0 aliphatic heterocycles. The molecule has 0 saturated heterocycles. The number of H-pyrrole nitrogens is 1. The molecule has 0 atom stereocenters. The number of aryl methyl sites for hydroxylation is 2. The first kappa shape index (κ1) is 14.9. The second-order valence-corrected chi connectivity index (χ2v) is 7.70. The lowest BCUT2D eigenvalue weighted by Gasteiger charge is -1.99. The van der Waals surface area contributed by atoms with Crippen molar-refractivity contribution in [2.45, 2.75) is 30.2 Å². The number of fused-ring (bicyclic) bond motifs is 3. The van der Waals surface area contributed by atoms with Crippen LogP contribution in [0, 0.1) is 0 Å². The highest BCUT2D eigenvalue weighted by atomic mass is 32.2. The van der Waals surface area contributed by atoms with E-state index in [1.54, 1.807) is 29.7 Å². The first-order chi connectivity index (χ1) is 12.3. The van der Waals surface area contributed by atoms with E-state index in [2.05, 4.69) is 20.2 Å². The third-order valence-electron chi connectivity index (χ3n) is 4.09. The Morgan fingerprint density at radius 3 is 3.16 bits per heavy atom. The van der Waals surface area contributed by atoms with Crippen molar-refractivity contribution < 1.29 is 8.83 Å². The van der Waals surface area contributed by atoms with Gasteiger partial charge in [0, 0.05) is 4.88 Å². The number of nitrogens with zero attached hydrogens (tertiary/aromatic N) is 3. The number of hydrogen-bond acceptors (Lipinski definition) is 8. The van der Waals surface area contributed by atoms with Gasteiger partial charge in [-0.05, 0) is 37.0 Å². The van der Waals surface area contributed by atoms with Crippen LogP contribution in [0.5, 0.6) is 0 Å². The normalized spacial score (nSPS) is 13.6. The lowest BCUT2D eigenvalue weighted by atomic mass is 10.2. The number of nitrogens with one attached hydrogen (secondary N) is 1. The van der Waals surface area contributed by atoms with E-state index in [1.807, 2.05) is 0 Å². The van der Waals surface area contributed by atoms with Crippen LogP contribution >= 0.6 is 23.1 Å². The van der Waals surface area contributed by atoms with E-state index in [4.69, 9.17) is 8.83 Å². The van der Waals surface area contributed by atoms with Crippen LogP contribution < -0.4 is 5.56 Å². The molecule has 1 aliphatic carbocycles. The maximum atomic E-state index is 12.4. The van der Waals surface area contributed by atoms with Gasteiger partial charge < -0.3 is 13.8 Å². The molecule has 0 unspecified atom stereocenters. The predicted octanol–water partition coefficient (Wildman–Crippen LogP) is 3.41. The Labute approximate surface area is 149 Å². The molecule has 1 aliphatic rings. The Balaban J connectivity index is 1.39. The second kappa shape index (κ2) is 5.85. The van der Waals surface area contributed by atoms with Gasteiger partial charge >= 0.3 is 0 Å². The fourth-order valence-corrected chi connectivity index (χ4v) is 4.93. The van der Waals surface area contributed by atoms with Crippen molar-refractivity contribution in [2.75, 3.05) is 0 Å². The van der Waals surface area contributed by atoms with Crippen molar-refractivity contribution >= 4 is 33.3 Å². The first-order valence-corrected chi connectivity index (χ1v) is 9.62. The molecule has 0 bridgehead atoms. The average Bonchev–Trinajstić information content (AvgIpc) is 3.34. The van der Waals surface area contributed by atoms with E-state index in [-0.39, 0.29) is 5.56 Å². The van der Waals surface area contributed by atoms with Gasteiger partial charge in [-0.1, -0.05) is 11.8 Å². The lowest BCUT2D eigenvalue weighted by molar-refractivity contribution is 0.447. The fraction of sp³-hybridized carbons (Fsp3) is 0.250. The molecule has 126 valence electrons. The molecule has 9 heteroatoms. The standard InChI is InChI=1S/C16H12N4O3S2/c21-13-12-8-3-1-5-10(8)25-15(12)18-11(17-13)7-24-16-20-19-14(23-16)9-4-2-6-22-9/h2,4,6H,1,3,5,7H2,(H,17,18,21). The number of aromatic nitrogens is 4. The number of aromatic amines is 1. The third-order valence-corrected chi connectivity index (χ3v) is 6.11. The van der Waals surface area contributed by atoms with Crippen LogP contribution in [0.4, 0.5) is 0 Å². The van der Waals surface area contributed by atoms with Gasteiger partial charge in [-0.3, -0.25) is 4.79 Å². The SMILES string of the molecule is O=c1[nH]c(CSc2nnc(-c3ccco3)o2)nc2sc3c(c12)CCC3. The Bertz CT molecular complexity index is 1110. The summed E-state index contributed by atoms with van der Waals surface area (Å²) in [7, 11) is 0. The van der Waals surface area contributed by atoms with Crippen molar-refractivity contribution in [3.05, 3.63) is 45.0 Å². The molecule has 1 N–H and O–H groups in total. The highest BCUT2D eigenvalue weighted by molar-refractivity contribution is 7.98. The molecule has 0 fully saturated rings. The van der Waals surface area contributed by atoms with Crippen molar-refractivity contribution in [2.24, 2.45) is 0 Å². The van der Waals surface area contributed by atoms with E-state index in [1.165, 1.54) is 22.2 Å². The lowest BCUT2D eigenvalue weighted by Crippen LogP contribution is -2.11. The molecule has 4 aromatic heterocycles. The number of thioether (sulfide) groups is 1. The minimum absolute atomic E-state index is 0.0539. The molecule has 0 aromatic carbocycles. The summed E-state index contributed by atoms with van der Waals surface area (Å²) >= 11 is 2.96.